The molecule has 3 N–H and O–H groups in total. The number of H-pyrrole nitrogens is 2. The molecule has 7 nitrogen and oxygen atoms in total. The van der Waals surface area contributed by atoms with E-state index in [1.807, 2.05) is 116 Å². The highest BCUT2D eigenvalue weighted by molar-refractivity contribution is 6.06. The molecule has 208 valence electrons. The Labute approximate surface area is 247 Å². The van der Waals surface area contributed by atoms with Gasteiger partial charge in [0.1, 0.15) is 0 Å². The lowest BCUT2D eigenvalue weighted by Crippen LogP contribution is -2.23. The van der Waals surface area contributed by atoms with Gasteiger partial charge in [-0.25, -0.2) is 9.97 Å². The maximum absolute atomic E-state index is 13.5. The number of aromatic nitrogens is 4. The van der Waals surface area contributed by atoms with Crippen molar-refractivity contribution in [3.8, 4) is 22.3 Å². The zero-order valence-corrected chi connectivity index (χ0v) is 23.4. The molecule has 7 rings (SSSR count). The van der Waals surface area contributed by atoms with E-state index in [2.05, 4.69) is 15.3 Å². The summed E-state index contributed by atoms with van der Waals surface area (Å²) in [4.78, 5) is 42.9. The molecule has 0 atom stereocenters. The first-order valence-corrected chi connectivity index (χ1v) is 14.1. The summed E-state index contributed by atoms with van der Waals surface area (Å²) in [6.07, 6.45) is 8.43. The SMILES string of the molecule is CCNC(=O)c1c2nc(c(-c3ccccc3)c3ccc([nH]3)c(C=O)c3nc(c(-c4ccccc4)c4ccc1[nH]4)C=C3)C=C2. The average molecular weight is 562 g/mol. The Morgan fingerprint density at radius 3 is 1.72 bits per heavy atom. The van der Waals surface area contributed by atoms with E-state index in [1.54, 1.807) is 0 Å². The standard InChI is InChI=1S/C36H27N5O2/c1-2-37-36(43)35-31-19-17-29(40-31)33(22-9-5-3-6-10-22)27-15-13-25(38-27)24(21-42)26-14-16-28(39-26)34(23-11-7-4-8-12-23)30-18-20-32(35)41-30/h3-21,38,41H,2H2,1H3,(H,37,43). The lowest BCUT2D eigenvalue weighted by atomic mass is 10.0. The van der Waals surface area contributed by atoms with Crippen LogP contribution in [-0.2, 0) is 0 Å². The minimum absolute atomic E-state index is 0.217. The van der Waals surface area contributed by atoms with Gasteiger partial charge in [-0.3, -0.25) is 9.59 Å². The molecule has 5 heterocycles. The van der Waals surface area contributed by atoms with Crippen LogP contribution in [0.25, 0.3) is 68.6 Å². The Morgan fingerprint density at radius 1 is 0.651 bits per heavy atom. The molecule has 2 aromatic carbocycles. The van der Waals surface area contributed by atoms with E-state index in [1.165, 1.54) is 0 Å². The predicted octanol–water partition coefficient (Wildman–Crippen LogP) is 7.55. The van der Waals surface area contributed by atoms with E-state index in [-0.39, 0.29) is 5.91 Å². The molecule has 0 saturated heterocycles. The van der Waals surface area contributed by atoms with E-state index in [0.717, 1.165) is 39.6 Å². The van der Waals surface area contributed by atoms with E-state index >= 15 is 0 Å². The Morgan fingerprint density at radius 2 is 1.14 bits per heavy atom. The van der Waals surface area contributed by atoms with Crippen molar-refractivity contribution in [3.63, 3.8) is 0 Å². The number of nitrogens with one attached hydrogen (secondary N) is 3. The smallest absolute Gasteiger partial charge is 0.255 e. The van der Waals surface area contributed by atoms with Crippen LogP contribution in [-0.4, -0.2) is 38.7 Å². The average Bonchev–Trinajstić information content (AvgIpc) is 3.85. The predicted molar refractivity (Wildman–Crippen MR) is 173 cm³/mol. The summed E-state index contributed by atoms with van der Waals surface area (Å²) in [5.41, 5.74) is 9.92. The fourth-order valence-electron chi connectivity index (χ4n) is 5.66. The second-order valence-corrected chi connectivity index (χ2v) is 10.3. The highest BCUT2D eigenvalue weighted by Gasteiger charge is 2.19. The number of carbonyl (C=O) groups is 2. The number of fused-ring (bicyclic) bond motifs is 8. The zero-order chi connectivity index (χ0) is 29.3. The quantitative estimate of drug-likeness (QED) is 0.189. The van der Waals surface area contributed by atoms with Crippen molar-refractivity contribution in [2.45, 2.75) is 6.92 Å². The number of carbonyl (C=O) groups excluding carboxylic acids is 2. The van der Waals surface area contributed by atoms with Gasteiger partial charge in [-0.05, 0) is 66.6 Å². The Balaban J connectivity index is 1.68. The summed E-state index contributed by atoms with van der Waals surface area (Å²) in [5.74, 6) is -0.217. The van der Waals surface area contributed by atoms with E-state index in [9.17, 15) is 9.59 Å². The third kappa shape index (κ3) is 4.67. The minimum Gasteiger partial charge on any atom is -0.354 e. The summed E-state index contributed by atoms with van der Waals surface area (Å²) in [5, 5.41) is 2.96. The van der Waals surface area contributed by atoms with Crippen LogP contribution in [0.5, 0.6) is 0 Å². The number of rotatable bonds is 5. The van der Waals surface area contributed by atoms with Gasteiger partial charge >= 0.3 is 0 Å². The molecule has 43 heavy (non-hydrogen) atoms. The maximum Gasteiger partial charge on any atom is 0.255 e. The van der Waals surface area contributed by atoms with Crippen LogP contribution in [0.4, 0.5) is 0 Å². The van der Waals surface area contributed by atoms with Gasteiger partial charge < -0.3 is 15.3 Å². The number of benzene rings is 2. The first kappa shape index (κ1) is 26.1. The number of aromatic amines is 2. The molecule has 0 radical (unpaired) electrons. The van der Waals surface area contributed by atoms with Crippen LogP contribution in [0.3, 0.4) is 0 Å². The number of hydrogen-bond donors (Lipinski definition) is 3. The van der Waals surface area contributed by atoms with Crippen LogP contribution >= 0.6 is 0 Å². The molecule has 2 aliphatic heterocycles. The highest BCUT2D eigenvalue weighted by atomic mass is 16.1. The lowest BCUT2D eigenvalue weighted by molar-refractivity contribution is 0.0956. The Kier molecular flexibility index (Phi) is 6.60. The fourth-order valence-corrected chi connectivity index (χ4v) is 5.66. The van der Waals surface area contributed by atoms with Crippen LogP contribution in [0, 0.1) is 0 Å². The first-order valence-electron chi connectivity index (χ1n) is 14.1. The molecular formula is C36H27N5O2. The van der Waals surface area contributed by atoms with Crippen molar-refractivity contribution in [3.05, 3.63) is 119 Å². The van der Waals surface area contributed by atoms with Crippen molar-refractivity contribution in [1.82, 2.24) is 25.3 Å². The van der Waals surface area contributed by atoms with Gasteiger partial charge in [0.15, 0.2) is 6.29 Å². The summed E-state index contributed by atoms with van der Waals surface area (Å²) >= 11 is 0. The van der Waals surface area contributed by atoms with Crippen molar-refractivity contribution in [1.29, 1.82) is 0 Å². The largest absolute Gasteiger partial charge is 0.354 e. The van der Waals surface area contributed by atoms with Crippen LogP contribution < -0.4 is 5.32 Å². The van der Waals surface area contributed by atoms with Crippen molar-refractivity contribution in [2.75, 3.05) is 6.54 Å². The molecule has 7 heteroatoms. The molecule has 2 aliphatic rings. The summed E-state index contributed by atoms with van der Waals surface area (Å²) in [7, 11) is 0. The van der Waals surface area contributed by atoms with E-state index in [0.29, 0.717) is 51.5 Å². The maximum atomic E-state index is 13.5. The normalized spacial score (nSPS) is 11.9. The van der Waals surface area contributed by atoms with Crippen molar-refractivity contribution >= 4 is 58.6 Å². The van der Waals surface area contributed by atoms with E-state index < -0.39 is 0 Å². The number of nitrogens with zero attached hydrogens (tertiary/aromatic N) is 2. The summed E-state index contributed by atoms with van der Waals surface area (Å²) in [6, 6.07) is 27.6. The molecule has 5 aromatic rings. The summed E-state index contributed by atoms with van der Waals surface area (Å²) in [6.45, 7) is 2.37. The molecule has 1 amide bonds. The van der Waals surface area contributed by atoms with Gasteiger partial charge in [0, 0.05) is 28.7 Å². The van der Waals surface area contributed by atoms with Gasteiger partial charge in [0.05, 0.1) is 44.9 Å². The van der Waals surface area contributed by atoms with Crippen molar-refractivity contribution in [2.24, 2.45) is 0 Å². The third-order valence-electron chi connectivity index (χ3n) is 7.60. The second-order valence-electron chi connectivity index (χ2n) is 10.3. The number of hydrogen-bond acceptors (Lipinski definition) is 4. The lowest BCUT2D eigenvalue weighted by Gasteiger charge is -2.05. The van der Waals surface area contributed by atoms with Crippen LogP contribution in [0.15, 0.2) is 84.9 Å². The molecule has 0 saturated carbocycles. The third-order valence-corrected chi connectivity index (χ3v) is 7.60. The van der Waals surface area contributed by atoms with Gasteiger partial charge in [0.2, 0.25) is 0 Å². The van der Waals surface area contributed by atoms with Crippen LogP contribution in [0.1, 0.15) is 50.4 Å². The molecule has 0 fully saturated rings. The van der Waals surface area contributed by atoms with Crippen LogP contribution in [0.2, 0.25) is 0 Å². The fraction of sp³-hybridized carbons (Fsp3) is 0.0556. The number of aldehydes is 1. The van der Waals surface area contributed by atoms with Gasteiger partial charge in [-0.15, -0.1) is 0 Å². The molecule has 0 unspecified atom stereocenters. The van der Waals surface area contributed by atoms with Gasteiger partial charge in [-0.2, -0.15) is 0 Å². The van der Waals surface area contributed by atoms with Gasteiger partial charge in [0.25, 0.3) is 5.91 Å². The minimum atomic E-state index is -0.217. The Bertz CT molecular complexity index is 2080. The zero-order valence-electron chi connectivity index (χ0n) is 23.4. The highest BCUT2D eigenvalue weighted by Crippen LogP contribution is 2.34. The van der Waals surface area contributed by atoms with E-state index in [4.69, 9.17) is 9.97 Å². The first-order chi connectivity index (χ1) is 21.1. The molecule has 8 bridgehead atoms. The second kappa shape index (κ2) is 10.9. The molecule has 0 spiro atoms. The molecule has 3 aromatic heterocycles. The molecule has 0 aliphatic carbocycles. The van der Waals surface area contributed by atoms with Crippen molar-refractivity contribution < 1.29 is 9.59 Å². The number of amides is 1. The summed E-state index contributed by atoms with van der Waals surface area (Å²) < 4.78 is 0. The monoisotopic (exact) mass is 561 g/mol. The molecular weight excluding hydrogens is 534 g/mol. The topological polar surface area (TPSA) is 104 Å². The van der Waals surface area contributed by atoms with Gasteiger partial charge in [-0.1, -0.05) is 60.7 Å². The Hall–Kier alpha value is -5.82.